The summed E-state index contributed by atoms with van der Waals surface area (Å²) in [5.41, 5.74) is 2.13. The second-order valence-electron chi connectivity index (χ2n) is 8.51. The fraction of sp³-hybridized carbons (Fsp3) is 0.545. The van der Waals surface area contributed by atoms with Crippen LogP contribution in [-0.2, 0) is 4.79 Å². The van der Waals surface area contributed by atoms with Crippen LogP contribution in [0.5, 0.6) is 0 Å². The summed E-state index contributed by atoms with van der Waals surface area (Å²) in [6.45, 7) is 4.78. The van der Waals surface area contributed by atoms with Gasteiger partial charge in [0.05, 0.1) is 11.1 Å². The number of hydrogen-bond donors (Lipinski definition) is 2. The van der Waals surface area contributed by atoms with E-state index in [1.807, 2.05) is 6.07 Å². The van der Waals surface area contributed by atoms with Crippen LogP contribution in [0, 0.1) is 23.2 Å². The molecule has 2 aliphatic rings. The maximum absolute atomic E-state index is 14.1. The van der Waals surface area contributed by atoms with Gasteiger partial charge in [-0.2, -0.15) is 5.26 Å². The average molecular weight is 410 g/mol. The van der Waals surface area contributed by atoms with Crippen molar-refractivity contribution in [1.29, 1.82) is 5.26 Å². The highest BCUT2D eigenvalue weighted by Gasteiger charge is 2.30. The normalized spacial score (nSPS) is 26.9. The van der Waals surface area contributed by atoms with Crippen LogP contribution in [0.25, 0.3) is 10.9 Å². The van der Waals surface area contributed by atoms with Crippen LogP contribution in [0.15, 0.2) is 24.7 Å². The summed E-state index contributed by atoms with van der Waals surface area (Å²) in [5, 5.41) is 16.4. The molecule has 7 nitrogen and oxygen atoms in total. The first-order valence-corrected chi connectivity index (χ1v) is 10.6. The Balaban J connectivity index is 1.48. The van der Waals surface area contributed by atoms with E-state index >= 15 is 0 Å². The van der Waals surface area contributed by atoms with Gasteiger partial charge in [-0.05, 0) is 37.4 Å². The molecule has 158 valence electrons. The number of rotatable bonds is 4. The summed E-state index contributed by atoms with van der Waals surface area (Å²) in [5.74, 6) is 0.104. The second kappa shape index (κ2) is 8.92. The summed E-state index contributed by atoms with van der Waals surface area (Å²) in [6.07, 6.45) is 4.05. The molecule has 2 aromatic rings. The first-order valence-electron chi connectivity index (χ1n) is 10.6. The van der Waals surface area contributed by atoms with E-state index in [0.717, 1.165) is 30.6 Å². The van der Waals surface area contributed by atoms with Gasteiger partial charge in [-0.25, -0.2) is 14.4 Å². The number of fused-ring (bicyclic) bond motifs is 1. The molecule has 3 heterocycles. The summed E-state index contributed by atoms with van der Waals surface area (Å²) in [7, 11) is 0. The molecule has 0 bridgehead atoms. The van der Waals surface area contributed by atoms with Crippen LogP contribution in [-0.4, -0.2) is 54.3 Å². The molecule has 1 aromatic carbocycles. The maximum Gasteiger partial charge on any atom is 0.220 e. The number of carbonyl (C=O) groups is 1. The Morgan fingerprint density at radius 3 is 3.10 bits per heavy atom. The summed E-state index contributed by atoms with van der Waals surface area (Å²) in [6, 6.07) is 5.90. The molecular weight excluding hydrogens is 383 g/mol. The summed E-state index contributed by atoms with van der Waals surface area (Å²) >= 11 is 0. The number of carbonyl (C=O) groups excluding carboxylic acids is 1. The number of benzene rings is 1. The lowest BCUT2D eigenvalue weighted by Gasteiger charge is -2.39. The van der Waals surface area contributed by atoms with Crippen molar-refractivity contribution < 1.29 is 9.18 Å². The number of aromatic nitrogens is 2. The maximum atomic E-state index is 14.1. The molecule has 0 spiro atoms. The molecular formula is C22H27FN6O. The molecule has 8 heteroatoms. The highest BCUT2D eigenvalue weighted by atomic mass is 19.1. The first kappa shape index (κ1) is 20.5. The zero-order valence-corrected chi connectivity index (χ0v) is 17.1. The number of alkyl halides is 1. The van der Waals surface area contributed by atoms with Crippen LogP contribution >= 0.6 is 0 Å². The Morgan fingerprint density at radius 1 is 1.43 bits per heavy atom. The van der Waals surface area contributed by atoms with Gasteiger partial charge in [-0.1, -0.05) is 6.92 Å². The lowest BCUT2D eigenvalue weighted by Crippen LogP contribution is -2.51. The van der Waals surface area contributed by atoms with E-state index in [9.17, 15) is 14.4 Å². The minimum Gasteiger partial charge on any atom is -0.369 e. The fourth-order valence-corrected chi connectivity index (χ4v) is 4.71. The summed E-state index contributed by atoms with van der Waals surface area (Å²) in [4.78, 5) is 23.3. The van der Waals surface area contributed by atoms with E-state index in [2.05, 4.69) is 38.5 Å². The van der Waals surface area contributed by atoms with Gasteiger partial charge in [0.25, 0.3) is 0 Å². The van der Waals surface area contributed by atoms with Gasteiger partial charge in [-0.3, -0.25) is 4.79 Å². The Bertz CT molecular complexity index is 960. The standard InChI is InChI=1S/C22H27FN6O/c1-14-6-17(28-21(30)7-15-4-5-25-10-19(15)23)12-29(11-14)20-3-2-16(8-24)22-18(20)9-26-13-27-22/h2-3,9,13-15,17,19,25H,4-7,10-12H2,1H3,(H,28,30)/t14-,15?,17+,19-/m0/s1. The van der Waals surface area contributed by atoms with Gasteiger partial charge in [0.2, 0.25) is 5.91 Å². The molecule has 0 radical (unpaired) electrons. The van der Waals surface area contributed by atoms with Gasteiger partial charge in [0.15, 0.2) is 0 Å². The molecule has 2 N–H and O–H groups in total. The second-order valence-corrected chi connectivity index (χ2v) is 8.51. The lowest BCUT2D eigenvalue weighted by molar-refractivity contribution is -0.123. The Kier molecular flexibility index (Phi) is 6.09. The third kappa shape index (κ3) is 4.36. The van der Waals surface area contributed by atoms with Gasteiger partial charge in [0.1, 0.15) is 18.6 Å². The molecule has 2 saturated heterocycles. The molecule has 2 fully saturated rings. The van der Waals surface area contributed by atoms with Gasteiger partial charge in [-0.15, -0.1) is 0 Å². The predicted octanol–water partition coefficient (Wildman–Crippen LogP) is 2.17. The van der Waals surface area contributed by atoms with Crippen molar-refractivity contribution in [3.05, 3.63) is 30.2 Å². The van der Waals surface area contributed by atoms with E-state index in [0.29, 0.717) is 36.5 Å². The summed E-state index contributed by atoms with van der Waals surface area (Å²) < 4.78 is 14.1. The van der Waals surface area contributed by atoms with Crippen molar-refractivity contribution in [2.75, 3.05) is 31.1 Å². The van der Waals surface area contributed by atoms with Crippen molar-refractivity contribution in [2.45, 2.75) is 38.4 Å². The van der Waals surface area contributed by atoms with E-state index in [1.54, 1.807) is 12.3 Å². The third-order valence-corrected chi connectivity index (χ3v) is 6.13. The minimum absolute atomic E-state index is 0.00338. The van der Waals surface area contributed by atoms with Gasteiger partial charge < -0.3 is 15.5 Å². The number of piperidine rings is 2. The third-order valence-electron chi connectivity index (χ3n) is 6.13. The number of halogens is 1. The van der Waals surface area contributed by atoms with Gasteiger partial charge in [0, 0.05) is 55.3 Å². The Labute approximate surface area is 175 Å². The van der Waals surface area contributed by atoms with Crippen LogP contribution in [0.2, 0.25) is 0 Å². The molecule has 2 aliphatic heterocycles. The lowest BCUT2D eigenvalue weighted by atomic mass is 9.91. The van der Waals surface area contributed by atoms with E-state index in [4.69, 9.17) is 0 Å². The number of hydrogen-bond acceptors (Lipinski definition) is 6. The van der Waals surface area contributed by atoms with Crippen LogP contribution in [0.4, 0.5) is 10.1 Å². The zero-order chi connectivity index (χ0) is 21.1. The topological polar surface area (TPSA) is 93.9 Å². The smallest absolute Gasteiger partial charge is 0.220 e. The highest BCUT2D eigenvalue weighted by Crippen LogP contribution is 2.31. The molecule has 4 rings (SSSR count). The number of nitriles is 1. The van der Waals surface area contributed by atoms with E-state index in [-0.39, 0.29) is 24.3 Å². The number of nitrogens with one attached hydrogen (secondary N) is 2. The fourth-order valence-electron chi connectivity index (χ4n) is 4.71. The number of amides is 1. The van der Waals surface area contributed by atoms with Crippen LogP contribution < -0.4 is 15.5 Å². The molecule has 1 unspecified atom stereocenters. The van der Waals surface area contributed by atoms with E-state index < -0.39 is 6.17 Å². The van der Waals surface area contributed by atoms with Crippen LogP contribution in [0.1, 0.15) is 31.7 Å². The first-order chi connectivity index (χ1) is 14.5. The zero-order valence-electron chi connectivity index (χ0n) is 17.1. The SMILES string of the molecule is C[C@H]1C[C@@H](NC(=O)CC2CCNC[C@@H]2F)CN(c2ccc(C#N)c3ncncc23)C1. The highest BCUT2D eigenvalue weighted by molar-refractivity contribution is 5.94. The Hall–Kier alpha value is -2.79. The van der Waals surface area contributed by atoms with Gasteiger partial charge >= 0.3 is 0 Å². The van der Waals surface area contributed by atoms with Crippen molar-refractivity contribution in [3.63, 3.8) is 0 Å². The quantitative estimate of drug-likeness (QED) is 0.802. The average Bonchev–Trinajstić information content (AvgIpc) is 2.74. The molecule has 1 aromatic heterocycles. The predicted molar refractivity (Wildman–Crippen MR) is 113 cm³/mol. The molecule has 4 atom stereocenters. The molecule has 30 heavy (non-hydrogen) atoms. The number of anilines is 1. The largest absolute Gasteiger partial charge is 0.369 e. The molecule has 0 saturated carbocycles. The van der Waals surface area contributed by atoms with Crippen molar-refractivity contribution in [2.24, 2.45) is 11.8 Å². The van der Waals surface area contributed by atoms with Crippen molar-refractivity contribution in [3.8, 4) is 6.07 Å². The van der Waals surface area contributed by atoms with E-state index in [1.165, 1.54) is 6.33 Å². The minimum atomic E-state index is -0.962. The number of nitrogens with zero attached hydrogens (tertiary/aromatic N) is 4. The van der Waals surface area contributed by atoms with Crippen molar-refractivity contribution in [1.82, 2.24) is 20.6 Å². The molecule has 1 amide bonds. The van der Waals surface area contributed by atoms with Crippen LogP contribution in [0.3, 0.4) is 0 Å². The molecule has 0 aliphatic carbocycles. The Morgan fingerprint density at radius 2 is 2.30 bits per heavy atom. The monoisotopic (exact) mass is 410 g/mol. The van der Waals surface area contributed by atoms with Crippen molar-refractivity contribution >= 4 is 22.5 Å².